The van der Waals surface area contributed by atoms with Gasteiger partial charge in [-0.25, -0.2) is 20.0 Å². The minimum atomic E-state index is -3.74. The highest BCUT2D eigenvalue weighted by Gasteiger charge is 2.33. The van der Waals surface area contributed by atoms with Crippen molar-refractivity contribution in [3.05, 3.63) is 78.9 Å². The van der Waals surface area contributed by atoms with Gasteiger partial charge in [0.05, 0.1) is 19.5 Å². The molecule has 0 aliphatic rings. The molecule has 2 aromatic carbocycles. The second-order valence-electron chi connectivity index (χ2n) is 9.38. The minimum Gasteiger partial charge on any atom is -0.464 e. The molecule has 4 aromatic rings. The van der Waals surface area contributed by atoms with Crippen molar-refractivity contribution in [1.29, 1.82) is 0 Å². The smallest absolute Gasteiger partial charge is 0.342 e. The van der Waals surface area contributed by atoms with Gasteiger partial charge in [-0.3, -0.25) is 9.36 Å². The predicted octanol–water partition coefficient (Wildman–Crippen LogP) is 4.05. The van der Waals surface area contributed by atoms with Crippen LogP contribution in [0.4, 0.5) is 5.82 Å². The monoisotopic (exact) mass is 552 g/mol. The minimum absolute atomic E-state index is 0.155. The molecule has 0 amide bonds. The molecule has 11 nitrogen and oxygen atoms in total. The summed E-state index contributed by atoms with van der Waals surface area (Å²) in [6.07, 6.45) is 2.95. The second kappa shape index (κ2) is 13.3. The Hall–Kier alpha value is -3.79. The molecule has 0 saturated heterocycles. The third kappa shape index (κ3) is 8.10. The highest BCUT2D eigenvalue weighted by atomic mass is 31.2. The van der Waals surface area contributed by atoms with Crippen LogP contribution in [-0.2, 0) is 31.8 Å². The Labute approximate surface area is 227 Å². The van der Waals surface area contributed by atoms with Crippen LogP contribution in [0.3, 0.4) is 0 Å². The van der Waals surface area contributed by atoms with Gasteiger partial charge in [-0.1, -0.05) is 62.4 Å². The van der Waals surface area contributed by atoms with Gasteiger partial charge in [0.15, 0.2) is 11.5 Å². The van der Waals surface area contributed by atoms with Crippen LogP contribution >= 0.6 is 7.52 Å². The summed E-state index contributed by atoms with van der Waals surface area (Å²) in [6.45, 7) is 4.71. The van der Waals surface area contributed by atoms with Crippen LogP contribution in [0.2, 0.25) is 0 Å². The van der Waals surface area contributed by atoms with Gasteiger partial charge < -0.3 is 24.3 Å². The van der Waals surface area contributed by atoms with E-state index in [-0.39, 0.29) is 31.9 Å². The van der Waals surface area contributed by atoms with Crippen molar-refractivity contribution in [2.24, 2.45) is 5.92 Å². The number of para-hydroxylation sites is 1. The number of nitrogens with zero attached hydrogens (tertiary/aromatic N) is 4. The van der Waals surface area contributed by atoms with Gasteiger partial charge in [-0.05, 0) is 30.0 Å². The molecule has 12 heteroatoms. The van der Waals surface area contributed by atoms with Crippen molar-refractivity contribution < 1.29 is 23.4 Å². The molecule has 2 atom stereocenters. The van der Waals surface area contributed by atoms with Gasteiger partial charge in [0.2, 0.25) is 0 Å². The Morgan fingerprint density at radius 1 is 1.05 bits per heavy atom. The predicted molar refractivity (Wildman–Crippen MR) is 148 cm³/mol. The maximum atomic E-state index is 14.1. The van der Waals surface area contributed by atoms with E-state index in [4.69, 9.17) is 19.7 Å². The molecule has 39 heavy (non-hydrogen) atoms. The molecule has 0 bridgehead atoms. The van der Waals surface area contributed by atoms with E-state index in [1.165, 1.54) is 6.33 Å². The lowest BCUT2D eigenvalue weighted by atomic mass is 10.1. The Bertz CT molecular complexity index is 1400. The quantitative estimate of drug-likeness (QED) is 0.134. The fraction of sp³-hybridized carbons (Fsp3) is 0.333. The summed E-state index contributed by atoms with van der Waals surface area (Å²) in [6, 6.07) is 17.3. The van der Waals surface area contributed by atoms with Gasteiger partial charge in [0, 0.05) is 6.54 Å². The lowest BCUT2D eigenvalue weighted by Crippen LogP contribution is -2.40. The molecule has 2 aromatic heterocycles. The molecule has 3 N–H and O–H groups in total. The van der Waals surface area contributed by atoms with E-state index >= 15 is 0 Å². The first kappa shape index (κ1) is 28.2. The Morgan fingerprint density at radius 2 is 1.77 bits per heavy atom. The van der Waals surface area contributed by atoms with E-state index in [1.807, 2.05) is 50.2 Å². The maximum Gasteiger partial charge on any atom is 0.342 e. The molecule has 0 aliphatic heterocycles. The van der Waals surface area contributed by atoms with Crippen molar-refractivity contribution in [3.63, 3.8) is 0 Å². The molecule has 1 unspecified atom stereocenters. The van der Waals surface area contributed by atoms with Crippen molar-refractivity contribution in [3.8, 4) is 5.75 Å². The number of hydrogen-bond acceptors (Lipinski definition) is 9. The molecule has 206 valence electrons. The zero-order valence-corrected chi connectivity index (χ0v) is 22.9. The third-order valence-electron chi connectivity index (χ3n) is 5.64. The van der Waals surface area contributed by atoms with E-state index in [1.54, 1.807) is 35.2 Å². The fourth-order valence-corrected chi connectivity index (χ4v) is 5.45. The number of imidazole rings is 1. The fourth-order valence-electron chi connectivity index (χ4n) is 3.77. The summed E-state index contributed by atoms with van der Waals surface area (Å²) < 4.78 is 33.1. The summed E-state index contributed by atoms with van der Waals surface area (Å²) in [5, 5.41) is 2.96. The second-order valence-corrected chi connectivity index (χ2v) is 11.4. The number of benzene rings is 2. The van der Waals surface area contributed by atoms with Crippen molar-refractivity contribution in [2.45, 2.75) is 32.9 Å². The molecule has 0 fully saturated rings. The zero-order chi connectivity index (χ0) is 27.7. The standard InChI is InChI=1S/C27H33N6O5P/c1-20(2)16-37-27(34)23(15-21-9-5-3-6-10-21)32-39(35,38-22-11-7-4-8-12-22)19-36-14-13-33-18-31-24-25(28)29-17-30-26(24)33/h3-12,17-18,20,23H,13-16,19H2,1-2H3,(H,32,35)(H2,28,29,30)/t23-,39?/m0/s1. The summed E-state index contributed by atoms with van der Waals surface area (Å²) in [5.74, 6) is 0.325. The summed E-state index contributed by atoms with van der Waals surface area (Å²) >= 11 is 0. The van der Waals surface area contributed by atoms with Crippen LogP contribution < -0.4 is 15.3 Å². The van der Waals surface area contributed by atoms with E-state index in [0.29, 0.717) is 29.3 Å². The largest absolute Gasteiger partial charge is 0.464 e. The average molecular weight is 553 g/mol. The first-order valence-electron chi connectivity index (χ1n) is 12.6. The molecule has 0 radical (unpaired) electrons. The number of ether oxygens (including phenoxy) is 2. The van der Waals surface area contributed by atoms with E-state index in [2.05, 4.69) is 20.0 Å². The average Bonchev–Trinajstić information content (AvgIpc) is 3.35. The lowest BCUT2D eigenvalue weighted by molar-refractivity contribution is -0.146. The van der Waals surface area contributed by atoms with E-state index < -0.39 is 19.5 Å². The molecule has 2 heterocycles. The molecule has 0 spiro atoms. The number of nitrogens with one attached hydrogen (secondary N) is 1. The number of anilines is 1. The highest BCUT2D eigenvalue weighted by molar-refractivity contribution is 7.57. The molecule has 0 saturated carbocycles. The number of carbonyl (C=O) groups is 1. The number of fused-ring (bicyclic) bond motifs is 1. The number of aromatic nitrogens is 4. The molecular weight excluding hydrogens is 519 g/mol. The van der Waals surface area contributed by atoms with Gasteiger partial charge in [0.25, 0.3) is 0 Å². The van der Waals surface area contributed by atoms with Crippen molar-refractivity contribution in [1.82, 2.24) is 24.6 Å². The number of carbonyl (C=O) groups excluding carboxylic acids is 1. The number of esters is 1. The number of nitrogens with two attached hydrogens (primary N) is 1. The van der Waals surface area contributed by atoms with Crippen LogP contribution in [0.5, 0.6) is 5.75 Å². The summed E-state index contributed by atoms with van der Waals surface area (Å²) in [4.78, 5) is 25.5. The number of nitrogen functional groups attached to an aromatic ring is 1. The normalized spacial score (nSPS) is 13.7. The van der Waals surface area contributed by atoms with Gasteiger partial charge >= 0.3 is 13.5 Å². The van der Waals surface area contributed by atoms with Crippen LogP contribution in [0.25, 0.3) is 11.2 Å². The van der Waals surface area contributed by atoms with Crippen LogP contribution in [0.1, 0.15) is 19.4 Å². The van der Waals surface area contributed by atoms with Crippen molar-refractivity contribution >= 4 is 30.5 Å². The van der Waals surface area contributed by atoms with Gasteiger partial charge in [-0.15, -0.1) is 0 Å². The number of hydrogen-bond donors (Lipinski definition) is 2. The Morgan fingerprint density at radius 3 is 2.49 bits per heavy atom. The van der Waals surface area contributed by atoms with E-state index in [0.717, 1.165) is 5.56 Å². The molecule has 4 rings (SSSR count). The van der Waals surface area contributed by atoms with Gasteiger partial charge in [0.1, 0.15) is 30.0 Å². The van der Waals surface area contributed by atoms with Crippen LogP contribution in [0, 0.1) is 5.92 Å². The van der Waals surface area contributed by atoms with Gasteiger partial charge in [-0.2, -0.15) is 0 Å². The van der Waals surface area contributed by atoms with E-state index in [9.17, 15) is 9.36 Å². The van der Waals surface area contributed by atoms with Crippen LogP contribution in [-0.4, -0.2) is 51.1 Å². The summed E-state index contributed by atoms with van der Waals surface area (Å²) in [5.41, 5.74) is 7.82. The number of rotatable bonds is 14. The Balaban J connectivity index is 1.49. The summed E-state index contributed by atoms with van der Waals surface area (Å²) in [7, 11) is -3.74. The first-order valence-corrected chi connectivity index (χ1v) is 14.4. The first-order chi connectivity index (χ1) is 18.8. The topological polar surface area (TPSA) is 143 Å². The Kier molecular flexibility index (Phi) is 9.64. The highest BCUT2D eigenvalue weighted by Crippen LogP contribution is 2.44. The maximum absolute atomic E-state index is 14.1. The lowest BCUT2D eigenvalue weighted by Gasteiger charge is -2.26. The van der Waals surface area contributed by atoms with Crippen LogP contribution in [0.15, 0.2) is 73.3 Å². The SMILES string of the molecule is CC(C)COC(=O)[C@H](Cc1ccccc1)NP(=O)(COCCn1cnc2c(N)ncnc21)Oc1ccccc1. The molecular formula is C27H33N6O5P. The zero-order valence-electron chi connectivity index (χ0n) is 22.0. The third-order valence-corrected chi connectivity index (χ3v) is 7.38. The van der Waals surface area contributed by atoms with Crippen molar-refractivity contribution in [2.75, 3.05) is 25.3 Å². The molecule has 0 aliphatic carbocycles.